The minimum atomic E-state index is -0.768. The average molecular weight is 296 g/mol. The van der Waals surface area contributed by atoms with Crippen molar-refractivity contribution in [2.45, 2.75) is 38.1 Å². The molecule has 1 amide bonds. The summed E-state index contributed by atoms with van der Waals surface area (Å²) in [6.07, 6.45) is 3.13. The van der Waals surface area contributed by atoms with E-state index in [0.717, 1.165) is 18.4 Å². The molecule has 2 unspecified atom stereocenters. The van der Waals surface area contributed by atoms with Gasteiger partial charge in [0, 0.05) is 11.1 Å². The zero-order chi connectivity index (χ0) is 14.5. The Hall–Kier alpha value is -1.55. The van der Waals surface area contributed by atoms with E-state index in [1.165, 1.54) is 0 Å². The van der Waals surface area contributed by atoms with E-state index < -0.39 is 5.97 Å². The topological polar surface area (TPSA) is 66.4 Å². The molecule has 1 fully saturated rings. The number of nitrogens with one attached hydrogen (secondary N) is 1. The van der Waals surface area contributed by atoms with Crippen molar-refractivity contribution in [2.75, 3.05) is 0 Å². The first-order valence-corrected chi connectivity index (χ1v) is 7.19. The van der Waals surface area contributed by atoms with Gasteiger partial charge in [0.25, 0.3) is 0 Å². The number of carbonyl (C=O) groups is 2. The highest BCUT2D eigenvalue weighted by Crippen LogP contribution is 2.24. The van der Waals surface area contributed by atoms with E-state index in [1.54, 1.807) is 6.07 Å². The first-order valence-electron chi connectivity index (χ1n) is 6.82. The molecule has 0 saturated heterocycles. The van der Waals surface area contributed by atoms with E-state index in [1.807, 2.05) is 18.2 Å². The van der Waals surface area contributed by atoms with Gasteiger partial charge in [-0.15, -0.1) is 0 Å². The fourth-order valence-corrected chi connectivity index (χ4v) is 2.84. The summed E-state index contributed by atoms with van der Waals surface area (Å²) >= 11 is 6.02. The van der Waals surface area contributed by atoms with Crippen molar-refractivity contribution >= 4 is 23.5 Å². The molecular formula is C15H18ClNO3. The largest absolute Gasteiger partial charge is 0.481 e. The molecule has 2 N–H and O–H groups in total. The summed E-state index contributed by atoms with van der Waals surface area (Å²) < 4.78 is 0. The van der Waals surface area contributed by atoms with Gasteiger partial charge >= 0.3 is 5.97 Å². The SMILES string of the molecule is O=C(Cc1ccccc1Cl)NC1CCCC(C(=O)O)C1. The Labute approximate surface area is 123 Å². The van der Waals surface area contributed by atoms with Crippen LogP contribution in [0.1, 0.15) is 31.2 Å². The highest BCUT2D eigenvalue weighted by Gasteiger charge is 2.27. The maximum atomic E-state index is 12.0. The maximum Gasteiger partial charge on any atom is 0.306 e. The van der Waals surface area contributed by atoms with Crippen LogP contribution in [0, 0.1) is 5.92 Å². The van der Waals surface area contributed by atoms with Gasteiger partial charge in [0.1, 0.15) is 0 Å². The number of halogens is 1. The summed E-state index contributed by atoms with van der Waals surface area (Å²) in [7, 11) is 0. The molecular weight excluding hydrogens is 278 g/mol. The van der Waals surface area contributed by atoms with Crippen LogP contribution in [0.15, 0.2) is 24.3 Å². The van der Waals surface area contributed by atoms with Gasteiger partial charge in [-0.1, -0.05) is 36.2 Å². The van der Waals surface area contributed by atoms with Gasteiger partial charge in [0.2, 0.25) is 5.91 Å². The molecule has 2 rings (SSSR count). The minimum absolute atomic E-state index is 0.0418. The van der Waals surface area contributed by atoms with Crippen LogP contribution in [0.2, 0.25) is 5.02 Å². The normalized spacial score (nSPS) is 22.2. The summed E-state index contributed by atoms with van der Waals surface area (Å²) in [6.45, 7) is 0. The number of benzene rings is 1. The standard InChI is InChI=1S/C15H18ClNO3/c16-13-7-2-1-4-10(13)9-14(18)17-12-6-3-5-11(8-12)15(19)20/h1-2,4,7,11-12H,3,5-6,8-9H2,(H,17,18)(H,19,20). The Kier molecular flexibility index (Phi) is 5.01. The van der Waals surface area contributed by atoms with E-state index in [-0.39, 0.29) is 24.3 Å². The van der Waals surface area contributed by atoms with Gasteiger partial charge in [-0.2, -0.15) is 0 Å². The summed E-state index contributed by atoms with van der Waals surface area (Å²) in [6, 6.07) is 7.20. The van der Waals surface area contributed by atoms with Crippen molar-refractivity contribution in [2.24, 2.45) is 5.92 Å². The van der Waals surface area contributed by atoms with Gasteiger partial charge in [-0.3, -0.25) is 9.59 Å². The van der Waals surface area contributed by atoms with Crippen LogP contribution in [0.5, 0.6) is 0 Å². The van der Waals surface area contributed by atoms with Crippen LogP contribution >= 0.6 is 11.6 Å². The van der Waals surface area contributed by atoms with Crippen molar-refractivity contribution in [3.05, 3.63) is 34.9 Å². The Bertz CT molecular complexity index is 504. The fourth-order valence-electron chi connectivity index (χ4n) is 2.64. The van der Waals surface area contributed by atoms with Crippen molar-refractivity contribution in [1.82, 2.24) is 5.32 Å². The molecule has 1 aromatic rings. The van der Waals surface area contributed by atoms with Crippen LogP contribution in [0.4, 0.5) is 0 Å². The molecule has 20 heavy (non-hydrogen) atoms. The third kappa shape index (κ3) is 3.97. The number of carboxylic acid groups (broad SMARTS) is 1. The summed E-state index contributed by atoms with van der Waals surface area (Å²) in [5.74, 6) is -1.21. The Morgan fingerprint density at radius 2 is 2.05 bits per heavy atom. The summed E-state index contributed by atoms with van der Waals surface area (Å²) in [5, 5.41) is 12.5. The second-order valence-corrected chi connectivity index (χ2v) is 5.64. The molecule has 108 valence electrons. The predicted octanol–water partition coefficient (Wildman–Crippen LogP) is 2.64. The van der Waals surface area contributed by atoms with Crippen LogP contribution in [-0.4, -0.2) is 23.0 Å². The third-order valence-corrected chi connectivity index (χ3v) is 4.07. The van der Waals surface area contributed by atoms with Crippen LogP contribution < -0.4 is 5.32 Å². The fraction of sp³-hybridized carbons (Fsp3) is 0.467. The molecule has 1 aromatic carbocycles. The van der Waals surface area contributed by atoms with Crippen LogP contribution in [0.3, 0.4) is 0 Å². The van der Waals surface area contributed by atoms with Crippen molar-refractivity contribution in [1.29, 1.82) is 0 Å². The number of aliphatic carboxylic acids is 1. The van der Waals surface area contributed by atoms with Gasteiger partial charge in [0.15, 0.2) is 0 Å². The first-order chi connectivity index (χ1) is 9.56. The lowest BCUT2D eigenvalue weighted by molar-refractivity contribution is -0.143. The maximum absolute atomic E-state index is 12.0. The van der Waals surface area contributed by atoms with Gasteiger partial charge in [-0.25, -0.2) is 0 Å². The number of rotatable bonds is 4. The smallest absolute Gasteiger partial charge is 0.306 e. The second kappa shape index (κ2) is 6.75. The van der Waals surface area contributed by atoms with Crippen LogP contribution in [-0.2, 0) is 16.0 Å². The van der Waals surface area contributed by atoms with Crippen molar-refractivity contribution < 1.29 is 14.7 Å². The minimum Gasteiger partial charge on any atom is -0.481 e. The molecule has 1 aliphatic rings. The Balaban J connectivity index is 1.88. The van der Waals surface area contributed by atoms with E-state index in [9.17, 15) is 9.59 Å². The summed E-state index contributed by atoms with van der Waals surface area (Å²) in [4.78, 5) is 23.0. The highest BCUT2D eigenvalue weighted by atomic mass is 35.5. The molecule has 0 spiro atoms. The molecule has 0 aromatic heterocycles. The molecule has 0 heterocycles. The van der Waals surface area contributed by atoms with Gasteiger partial charge in [0.05, 0.1) is 12.3 Å². The highest BCUT2D eigenvalue weighted by molar-refractivity contribution is 6.31. The van der Waals surface area contributed by atoms with E-state index >= 15 is 0 Å². The monoisotopic (exact) mass is 295 g/mol. The van der Waals surface area contributed by atoms with E-state index in [2.05, 4.69) is 5.32 Å². The molecule has 2 atom stereocenters. The molecule has 1 saturated carbocycles. The zero-order valence-corrected chi connectivity index (χ0v) is 11.9. The number of carbonyl (C=O) groups excluding carboxylic acids is 1. The van der Waals surface area contributed by atoms with E-state index in [0.29, 0.717) is 17.9 Å². The Morgan fingerprint density at radius 3 is 2.75 bits per heavy atom. The van der Waals surface area contributed by atoms with Gasteiger partial charge < -0.3 is 10.4 Å². The lowest BCUT2D eigenvalue weighted by atomic mass is 9.85. The van der Waals surface area contributed by atoms with Gasteiger partial charge in [-0.05, 0) is 30.9 Å². The number of carboxylic acids is 1. The lowest BCUT2D eigenvalue weighted by Crippen LogP contribution is -2.40. The first kappa shape index (κ1) is 14.9. The average Bonchev–Trinajstić information content (AvgIpc) is 2.41. The molecule has 0 bridgehead atoms. The molecule has 0 aliphatic heterocycles. The predicted molar refractivity (Wildman–Crippen MR) is 76.7 cm³/mol. The third-order valence-electron chi connectivity index (χ3n) is 3.70. The van der Waals surface area contributed by atoms with Crippen LogP contribution in [0.25, 0.3) is 0 Å². The number of hydrogen-bond acceptors (Lipinski definition) is 2. The molecule has 5 heteroatoms. The molecule has 0 radical (unpaired) electrons. The molecule has 1 aliphatic carbocycles. The quantitative estimate of drug-likeness (QED) is 0.897. The lowest BCUT2D eigenvalue weighted by Gasteiger charge is -2.27. The zero-order valence-electron chi connectivity index (χ0n) is 11.1. The number of amides is 1. The Morgan fingerprint density at radius 1 is 1.30 bits per heavy atom. The van der Waals surface area contributed by atoms with Crippen molar-refractivity contribution in [3.63, 3.8) is 0 Å². The number of hydrogen-bond donors (Lipinski definition) is 2. The molecule has 4 nitrogen and oxygen atoms in total. The summed E-state index contributed by atoms with van der Waals surface area (Å²) in [5.41, 5.74) is 0.789. The van der Waals surface area contributed by atoms with E-state index in [4.69, 9.17) is 16.7 Å². The van der Waals surface area contributed by atoms with Crippen molar-refractivity contribution in [3.8, 4) is 0 Å². The second-order valence-electron chi connectivity index (χ2n) is 5.23.